The first-order chi connectivity index (χ1) is 13.6. The highest BCUT2D eigenvalue weighted by Crippen LogP contribution is 2.31. The molecule has 28 heavy (non-hydrogen) atoms. The van der Waals surface area contributed by atoms with Crippen LogP contribution in [0, 0.1) is 0 Å². The number of aliphatic carboxylic acids is 1. The summed E-state index contributed by atoms with van der Waals surface area (Å²) < 4.78 is 16.9. The van der Waals surface area contributed by atoms with Gasteiger partial charge in [0.05, 0.1) is 20.1 Å². The molecule has 1 aromatic heterocycles. The Morgan fingerprint density at radius 1 is 1.21 bits per heavy atom. The summed E-state index contributed by atoms with van der Waals surface area (Å²) in [6, 6.07) is 12.8. The van der Waals surface area contributed by atoms with E-state index in [9.17, 15) is 9.90 Å². The van der Waals surface area contributed by atoms with Crippen LogP contribution in [-0.2, 0) is 4.79 Å². The lowest BCUT2D eigenvalue weighted by molar-refractivity contribution is -0.135. The van der Waals surface area contributed by atoms with Gasteiger partial charge in [0.25, 0.3) is 0 Å². The zero-order chi connectivity index (χ0) is 19.9. The van der Waals surface area contributed by atoms with Crippen molar-refractivity contribution in [2.75, 3.05) is 13.7 Å². The maximum atomic E-state index is 11.4. The Balaban J connectivity index is 1.94. The second kappa shape index (κ2) is 9.08. The zero-order valence-corrected chi connectivity index (χ0v) is 16.0. The number of para-hydroxylation sites is 2. The number of fused-ring (bicyclic) bond motifs is 1. The Hall–Kier alpha value is -3.28. The van der Waals surface area contributed by atoms with E-state index in [1.54, 1.807) is 19.3 Å². The molecule has 0 fully saturated rings. The van der Waals surface area contributed by atoms with Crippen LogP contribution < -0.4 is 9.47 Å². The highest BCUT2D eigenvalue weighted by Gasteiger charge is 2.15. The van der Waals surface area contributed by atoms with Gasteiger partial charge in [0, 0.05) is 5.57 Å². The summed E-state index contributed by atoms with van der Waals surface area (Å²) in [7, 11) is 1.58. The summed E-state index contributed by atoms with van der Waals surface area (Å²) in [6.45, 7) is 2.72. The molecule has 0 amide bonds. The quantitative estimate of drug-likeness (QED) is 0.524. The molecule has 0 saturated carbocycles. The molecule has 0 atom stereocenters. The number of carbonyl (C=O) groups is 1. The van der Waals surface area contributed by atoms with E-state index in [1.165, 1.54) is 0 Å². The minimum atomic E-state index is -0.958. The number of nitrogens with zero attached hydrogens (tertiary/aromatic N) is 1. The van der Waals surface area contributed by atoms with Gasteiger partial charge < -0.3 is 19.0 Å². The molecule has 6 nitrogen and oxygen atoms in total. The number of aromatic nitrogens is 1. The van der Waals surface area contributed by atoms with Crippen molar-refractivity contribution in [2.24, 2.45) is 0 Å². The Labute approximate surface area is 163 Å². The number of hydrogen-bond acceptors (Lipinski definition) is 5. The number of carboxylic acids is 1. The van der Waals surface area contributed by atoms with Crippen LogP contribution in [0.1, 0.15) is 37.6 Å². The van der Waals surface area contributed by atoms with Crippen LogP contribution >= 0.6 is 0 Å². The smallest absolute Gasteiger partial charge is 0.308 e. The molecule has 146 valence electrons. The van der Waals surface area contributed by atoms with Crippen LogP contribution in [0.4, 0.5) is 0 Å². The maximum Gasteiger partial charge on any atom is 0.308 e. The molecule has 1 heterocycles. The molecule has 0 spiro atoms. The lowest BCUT2D eigenvalue weighted by Gasteiger charge is -2.11. The monoisotopic (exact) mass is 381 g/mol. The molecule has 0 aliphatic rings. The van der Waals surface area contributed by atoms with Crippen molar-refractivity contribution in [1.29, 1.82) is 0 Å². The number of rotatable bonds is 9. The molecular weight excluding hydrogens is 358 g/mol. The highest BCUT2D eigenvalue weighted by atomic mass is 16.5. The van der Waals surface area contributed by atoms with Gasteiger partial charge in [-0.05, 0) is 42.3 Å². The van der Waals surface area contributed by atoms with E-state index < -0.39 is 5.97 Å². The zero-order valence-electron chi connectivity index (χ0n) is 16.0. The molecule has 2 aromatic carbocycles. The molecule has 0 aliphatic carbocycles. The molecule has 0 saturated heterocycles. The average Bonchev–Trinajstić information content (AvgIpc) is 3.12. The van der Waals surface area contributed by atoms with Crippen molar-refractivity contribution >= 4 is 28.7 Å². The molecule has 0 bridgehead atoms. The molecule has 6 heteroatoms. The minimum absolute atomic E-state index is 0.204. The van der Waals surface area contributed by atoms with Crippen LogP contribution in [-0.4, -0.2) is 29.8 Å². The Bertz CT molecular complexity index is 957. The van der Waals surface area contributed by atoms with Crippen molar-refractivity contribution in [2.45, 2.75) is 26.2 Å². The van der Waals surface area contributed by atoms with Gasteiger partial charge >= 0.3 is 5.97 Å². The molecular formula is C22H23NO5. The third kappa shape index (κ3) is 4.71. The fourth-order valence-corrected chi connectivity index (χ4v) is 2.78. The first-order valence-electron chi connectivity index (χ1n) is 9.20. The van der Waals surface area contributed by atoms with Gasteiger partial charge in [0.1, 0.15) is 5.52 Å². The number of ether oxygens (including phenoxy) is 2. The van der Waals surface area contributed by atoms with Crippen LogP contribution in [0.3, 0.4) is 0 Å². The molecule has 3 aromatic rings. The predicted molar refractivity (Wildman–Crippen MR) is 108 cm³/mol. The third-order valence-electron chi connectivity index (χ3n) is 4.19. The summed E-state index contributed by atoms with van der Waals surface area (Å²) in [4.78, 5) is 15.8. The van der Waals surface area contributed by atoms with E-state index in [4.69, 9.17) is 13.9 Å². The van der Waals surface area contributed by atoms with Gasteiger partial charge in [-0.1, -0.05) is 31.5 Å². The SMILES string of the molecule is CCCCOc1ccc(/C=C(\CC(=O)O)c2nc3ccccc3o2)cc1OC. The first-order valence-corrected chi connectivity index (χ1v) is 9.20. The third-order valence-corrected chi connectivity index (χ3v) is 4.19. The molecule has 0 aliphatic heterocycles. The molecule has 0 unspecified atom stereocenters. The van der Waals surface area contributed by atoms with Crippen LogP contribution in [0.2, 0.25) is 0 Å². The van der Waals surface area contributed by atoms with Gasteiger partial charge in [-0.15, -0.1) is 0 Å². The molecule has 3 rings (SSSR count). The maximum absolute atomic E-state index is 11.4. The van der Waals surface area contributed by atoms with E-state index in [1.807, 2.05) is 36.4 Å². The van der Waals surface area contributed by atoms with E-state index in [0.717, 1.165) is 18.4 Å². The van der Waals surface area contributed by atoms with Crippen molar-refractivity contribution in [3.05, 3.63) is 53.9 Å². The normalized spacial score (nSPS) is 11.6. The number of oxazole rings is 1. The molecule has 1 N–H and O–H groups in total. The lowest BCUT2D eigenvalue weighted by Crippen LogP contribution is -1.99. The summed E-state index contributed by atoms with van der Waals surface area (Å²) in [5.41, 5.74) is 2.56. The minimum Gasteiger partial charge on any atom is -0.493 e. The topological polar surface area (TPSA) is 81.8 Å². The largest absolute Gasteiger partial charge is 0.493 e. The van der Waals surface area contributed by atoms with E-state index >= 15 is 0 Å². The van der Waals surface area contributed by atoms with Gasteiger partial charge in [0.2, 0.25) is 5.89 Å². The summed E-state index contributed by atoms with van der Waals surface area (Å²) in [6.07, 6.45) is 3.55. The number of hydrogen-bond donors (Lipinski definition) is 1. The number of carboxylic acid groups (broad SMARTS) is 1. The van der Waals surface area contributed by atoms with Crippen LogP contribution in [0.5, 0.6) is 11.5 Å². The Kier molecular flexibility index (Phi) is 6.32. The number of unbranched alkanes of at least 4 members (excludes halogenated alkanes) is 1. The number of benzene rings is 2. The van der Waals surface area contributed by atoms with Gasteiger partial charge in [-0.2, -0.15) is 0 Å². The van der Waals surface area contributed by atoms with Crippen molar-refractivity contribution in [3.8, 4) is 11.5 Å². The predicted octanol–water partition coefficient (Wildman–Crippen LogP) is 5.03. The van der Waals surface area contributed by atoms with Crippen molar-refractivity contribution < 1.29 is 23.8 Å². The second-order valence-corrected chi connectivity index (χ2v) is 6.34. The van der Waals surface area contributed by atoms with E-state index in [2.05, 4.69) is 11.9 Å². The fraction of sp³-hybridized carbons (Fsp3) is 0.273. The van der Waals surface area contributed by atoms with E-state index in [0.29, 0.717) is 40.7 Å². The number of methoxy groups -OCH3 is 1. The first kappa shape index (κ1) is 19.5. The van der Waals surface area contributed by atoms with E-state index in [-0.39, 0.29) is 6.42 Å². The van der Waals surface area contributed by atoms with Crippen molar-refractivity contribution in [3.63, 3.8) is 0 Å². The summed E-state index contributed by atoms with van der Waals surface area (Å²) >= 11 is 0. The lowest BCUT2D eigenvalue weighted by atomic mass is 10.1. The highest BCUT2D eigenvalue weighted by molar-refractivity contribution is 5.91. The summed E-state index contributed by atoms with van der Waals surface area (Å²) in [5, 5.41) is 9.31. The Morgan fingerprint density at radius 3 is 2.75 bits per heavy atom. The fourth-order valence-electron chi connectivity index (χ4n) is 2.78. The molecule has 0 radical (unpaired) electrons. The van der Waals surface area contributed by atoms with Crippen LogP contribution in [0.25, 0.3) is 22.7 Å². The summed E-state index contributed by atoms with van der Waals surface area (Å²) in [5.74, 6) is 0.595. The average molecular weight is 381 g/mol. The van der Waals surface area contributed by atoms with Gasteiger partial charge in [-0.25, -0.2) is 4.98 Å². The van der Waals surface area contributed by atoms with Crippen LogP contribution in [0.15, 0.2) is 46.9 Å². The Morgan fingerprint density at radius 2 is 2.04 bits per heavy atom. The van der Waals surface area contributed by atoms with Gasteiger partial charge in [-0.3, -0.25) is 4.79 Å². The second-order valence-electron chi connectivity index (χ2n) is 6.34. The standard InChI is InChI=1S/C22H23NO5/c1-3-4-11-27-19-10-9-15(13-20(19)26-2)12-16(14-21(24)25)22-23-17-7-5-6-8-18(17)28-22/h5-10,12-13H,3-4,11,14H2,1-2H3,(H,24,25)/b16-12+. The van der Waals surface area contributed by atoms with Gasteiger partial charge in [0.15, 0.2) is 17.1 Å². The van der Waals surface area contributed by atoms with Crippen molar-refractivity contribution in [1.82, 2.24) is 4.98 Å².